The van der Waals surface area contributed by atoms with Gasteiger partial charge in [-0.3, -0.25) is 4.79 Å². The molecule has 2 heterocycles. The topological polar surface area (TPSA) is 60.0 Å². The van der Waals surface area contributed by atoms with Crippen LogP contribution >= 0.6 is 12.2 Å². The van der Waals surface area contributed by atoms with Gasteiger partial charge in [-0.05, 0) is 38.6 Å². The smallest absolute Gasteiger partial charge is 0.317 e. The minimum atomic E-state index is -0.901. The van der Waals surface area contributed by atoms with Crippen LogP contribution in [0.25, 0.3) is 0 Å². The van der Waals surface area contributed by atoms with Gasteiger partial charge in [0.1, 0.15) is 11.7 Å². The predicted octanol–water partition coefficient (Wildman–Crippen LogP) is 2.24. The molecule has 2 aliphatic heterocycles. The Morgan fingerprint density at radius 1 is 1.44 bits per heavy atom. The lowest BCUT2D eigenvalue weighted by Gasteiger charge is -2.55. The highest BCUT2D eigenvalue weighted by Crippen LogP contribution is 2.48. The Kier molecular flexibility index (Phi) is 5.15. The maximum absolute atomic E-state index is 12.8. The molecule has 1 N–H and O–H groups in total. The van der Waals surface area contributed by atoms with Crippen LogP contribution in [0.4, 0.5) is 0 Å². The van der Waals surface area contributed by atoms with Crippen molar-refractivity contribution >= 4 is 23.3 Å². The number of hydrogen-bond donors (Lipinski definition) is 1. The maximum atomic E-state index is 12.8. The van der Waals surface area contributed by atoms with Gasteiger partial charge in [-0.1, -0.05) is 18.2 Å². The Balaban J connectivity index is 2.01. The summed E-state index contributed by atoms with van der Waals surface area (Å²) in [6.07, 6.45) is 0.777. The summed E-state index contributed by atoms with van der Waals surface area (Å²) < 4.78 is 16.8. The van der Waals surface area contributed by atoms with E-state index in [-0.39, 0.29) is 12.0 Å². The van der Waals surface area contributed by atoms with Crippen molar-refractivity contribution in [3.63, 3.8) is 0 Å². The standard InChI is InChI=1S/C18H24N2O4S/c1-4-23-16(21)14-15-12-8-5-6-9-13(12)24-18(14,2)20(17(25)19-15)10-7-11-22-3/h5-6,8-9,14-15H,4,7,10-11H2,1-3H3,(H,19,25)/t14-,15-,18-/m0/s1. The van der Waals surface area contributed by atoms with E-state index in [4.69, 9.17) is 26.4 Å². The van der Waals surface area contributed by atoms with Gasteiger partial charge in [0.15, 0.2) is 10.8 Å². The lowest BCUT2D eigenvalue weighted by atomic mass is 9.79. The minimum absolute atomic E-state index is 0.264. The number of hydrogen-bond acceptors (Lipinski definition) is 5. The zero-order valence-electron chi connectivity index (χ0n) is 14.8. The van der Waals surface area contributed by atoms with Gasteiger partial charge in [-0.25, -0.2) is 0 Å². The number of esters is 1. The van der Waals surface area contributed by atoms with Crippen LogP contribution in [0, 0.1) is 5.92 Å². The number of nitrogens with one attached hydrogen (secondary N) is 1. The van der Waals surface area contributed by atoms with E-state index in [1.165, 1.54) is 0 Å². The monoisotopic (exact) mass is 364 g/mol. The van der Waals surface area contributed by atoms with Crippen molar-refractivity contribution < 1.29 is 19.0 Å². The fraction of sp³-hybridized carbons (Fsp3) is 0.556. The van der Waals surface area contributed by atoms with Gasteiger partial charge in [0.05, 0.1) is 12.6 Å². The molecule has 0 radical (unpaired) electrons. The summed E-state index contributed by atoms with van der Waals surface area (Å²) >= 11 is 5.58. The molecule has 1 aromatic rings. The molecule has 3 atom stereocenters. The number of ether oxygens (including phenoxy) is 3. The summed E-state index contributed by atoms with van der Waals surface area (Å²) in [6, 6.07) is 7.48. The SMILES string of the molecule is CCOC(=O)[C@@H]1[C@H]2NC(=S)N(CCCOC)[C@@]1(C)Oc1ccccc12. The van der Waals surface area contributed by atoms with Crippen molar-refractivity contribution in [2.24, 2.45) is 5.92 Å². The molecule has 136 valence electrons. The van der Waals surface area contributed by atoms with E-state index in [1.54, 1.807) is 7.11 Å². The van der Waals surface area contributed by atoms with Crippen molar-refractivity contribution in [1.29, 1.82) is 0 Å². The second-order valence-corrected chi connectivity index (χ2v) is 6.74. The Hall–Kier alpha value is -1.86. The third-order valence-electron chi connectivity index (χ3n) is 4.81. The maximum Gasteiger partial charge on any atom is 0.317 e. The van der Waals surface area contributed by atoms with Gasteiger partial charge in [0.25, 0.3) is 0 Å². The summed E-state index contributed by atoms with van der Waals surface area (Å²) in [7, 11) is 1.67. The normalized spacial score (nSPS) is 27.2. The molecule has 0 unspecified atom stereocenters. The quantitative estimate of drug-likeness (QED) is 0.472. The van der Waals surface area contributed by atoms with E-state index in [1.807, 2.05) is 43.0 Å². The number of nitrogens with zero attached hydrogens (tertiary/aromatic N) is 1. The first-order valence-corrected chi connectivity index (χ1v) is 8.95. The molecule has 6 nitrogen and oxygen atoms in total. The van der Waals surface area contributed by atoms with Gasteiger partial charge < -0.3 is 24.4 Å². The van der Waals surface area contributed by atoms with Crippen molar-refractivity contribution in [3.05, 3.63) is 29.8 Å². The number of methoxy groups -OCH3 is 1. The van der Waals surface area contributed by atoms with Crippen LogP contribution in [0.3, 0.4) is 0 Å². The van der Waals surface area contributed by atoms with E-state index in [9.17, 15) is 4.79 Å². The third-order valence-corrected chi connectivity index (χ3v) is 5.15. The zero-order valence-corrected chi connectivity index (χ0v) is 15.6. The van der Waals surface area contributed by atoms with Crippen molar-refractivity contribution in [3.8, 4) is 5.75 Å². The Morgan fingerprint density at radius 3 is 2.92 bits per heavy atom. The molecule has 2 aliphatic rings. The molecule has 0 spiro atoms. The third kappa shape index (κ3) is 3.06. The molecular formula is C18H24N2O4S. The highest BCUT2D eigenvalue weighted by molar-refractivity contribution is 7.80. The highest BCUT2D eigenvalue weighted by atomic mass is 32.1. The summed E-state index contributed by atoms with van der Waals surface area (Å²) in [5.74, 6) is -0.0323. The summed E-state index contributed by atoms with van der Waals surface area (Å²) in [6.45, 7) is 5.29. The van der Waals surface area contributed by atoms with Crippen LogP contribution in [-0.2, 0) is 14.3 Å². The van der Waals surface area contributed by atoms with Gasteiger partial charge >= 0.3 is 5.97 Å². The molecule has 2 bridgehead atoms. The van der Waals surface area contributed by atoms with E-state index in [0.717, 1.165) is 17.7 Å². The fourth-order valence-electron chi connectivity index (χ4n) is 3.68. The lowest BCUT2D eigenvalue weighted by molar-refractivity contribution is -0.175. The molecule has 0 aromatic heterocycles. The van der Waals surface area contributed by atoms with Crippen molar-refractivity contribution in [2.75, 3.05) is 26.9 Å². The lowest BCUT2D eigenvalue weighted by Crippen LogP contribution is -2.71. The molecule has 25 heavy (non-hydrogen) atoms. The Morgan fingerprint density at radius 2 is 2.20 bits per heavy atom. The Bertz CT molecular complexity index is 668. The van der Waals surface area contributed by atoms with Gasteiger partial charge in [-0.15, -0.1) is 0 Å². The number of carbonyl (C=O) groups is 1. The average molecular weight is 364 g/mol. The van der Waals surface area contributed by atoms with Crippen LogP contribution in [0.5, 0.6) is 5.75 Å². The zero-order chi connectivity index (χ0) is 18.0. The Labute approximate surface area is 153 Å². The van der Waals surface area contributed by atoms with Crippen molar-refractivity contribution in [1.82, 2.24) is 10.2 Å². The van der Waals surface area contributed by atoms with Crippen molar-refractivity contribution in [2.45, 2.75) is 32.0 Å². The minimum Gasteiger partial charge on any atom is -0.467 e. The molecule has 3 rings (SSSR count). The van der Waals surface area contributed by atoms with Crippen LogP contribution in [0.15, 0.2) is 24.3 Å². The van der Waals surface area contributed by atoms with E-state index in [2.05, 4.69) is 5.32 Å². The van der Waals surface area contributed by atoms with E-state index >= 15 is 0 Å². The van der Waals surface area contributed by atoms with Gasteiger partial charge in [0, 0.05) is 25.8 Å². The van der Waals surface area contributed by atoms with E-state index in [0.29, 0.717) is 24.9 Å². The average Bonchev–Trinajstić information content (AvgIpc) is 2.57. The fourth-order valence-corrected chi connectivity index (χ4v) is 4.08. The molecular weight excluding hydrogens is 340 g/mol. The van der Waals surface area contributed by atoms with Crippen LogP contribution < -0.4 is 10.1 Å². The van der Waals surface area contributed by atoms with Gasteiger partial charge in [0.2, 0.25) is 0 Å². The second-order valence-electron chi connectivity index (χ2n) is 6.35. The summed E-state index contributed by atoms with van der Waals surface area (Å²) in [5.41, 5.74) is 0.0263. The molecule has 1 fully saturated rings. The largest absolute Gasteiger partial charge is 0.467 e. The van der Waals surface area contributed by atoms with Crippen LogP contribution in [0.2, 0.25) is 0 Å². The van der Waals surface area contributed by atoms with E-state index < -0.39 is 11.6 Å². The number of para-hydroxylation sites is 1. The summed E-state index contributed by atoms with van der Waals surface area (Å²) in [5, 5.41) is 3.91. The van der Waals surface area contributed by atoms with Crippen LogP contribution in [0.1, 0.15) is 31.9 Å². The highest BCUT2D eigenvalue weighted by Gasteiger charge is 2.59. The predicted molar refractivity (Wildman–Crippen MR) is 97.3 cm³/mol. The van der Waals surface area contributed by atoms with Gasteiger partial charge in [-0.2, -0.15) is 0 Å². The summed E-state index contributed by atoms with van der Waals surface area (Å²) in [4.78, 5) is 14.7. The number of rotatable bonds is 6. The number of fused-ring (bicyclic) bond motifs is 4. The number of benzene rings is 1. The number of thiocarbonyl (C=S) groups is 1. The molecule has 1 saturated heterocycles. The first-order valence-electron chi connectivity index (χ1n) is 8.54. The molecule has 0 amide bonds. The molecule has 0 aliphatic carbocycles. The first kappa shape index (κ1) is 17.9. The van der Waals surface area contributed by atoms with Crippen LogP contribution in [-0.4, -0.2) is 48.6 Å². The molecule has 1 aromatic carbocycles. The molecule has 7 heteroatoms. The second kappa shape index (κ2) is 7.17. The number of carbonyl (C=O) groups excluding carboxylic acids is 1. The first-order chi connectivity index (χ1) is 12.0. The molecule has 0 saturated carbocycles.